The van der Waals surface area contributed by atoms with Crippen LogP contribution < -0.4 is 10.2 Å². The van der Waals surface area contributed by atoms with Crippen LogP contribution in [0, 0.1) is 0 Å². The molecule has 0 saturated carbocycles. The highest BCUT2D eigenvalue weighted by Gasteiger charge is 2.26. The van der Waals surface area contributed by atoms with Crippen molar-refractivity contribution in [1.82, 2.24) is 10.2 Å². The summed E-state index contributed by atoms with van der Waals surface area (Å²) in [4.78, 5) is 18.7. The maximum absolute atomic E-state index is 13.2. The number of nitrogens with zero attached hydrogens (tertiary/aromatic N) is 2. The number of ether oxygens (including phenoxy) is 1. The maximum Gasteiger partial charge on any atom is 0.261 e. The Bertz CT molecular complexity index is 1030. The first-order valence-corrected chi connectivity index (χ1v) is 12.2. The van der Waals surface area contributed by atoms with Crippen molar-refractivity contribution in [3.05, 3.63) is 77.2 Å². The number of anilines is 1. The first-order valence-electron chi connectivity index (χ1n) is 11.4. The summed E-state index contributed by atoms with van der Waals surface area (Å²) in [6, 6.07) is 23.2. The highest BCUT2D eigenvalue weighted by Crippen LogP contribution is 2.39. The summed E-state index contributed by atoms with van der Waals surface area (Å²) in [6.07, 6.45) is 0.992. The minimum atomic E-state index is 0.0400. The zero-order valence-electron chi connectivity index (χ0n) is 18.2. The number of benzene rings is 2. The van der Waals surface area contributed by atoms with E-state index in [1.807, 2.05) is 12.1 Å². The van der Waals surface area contributed by atoms with Crippen molar-refractivity contribution in [2.75, 3.05) is 44.3 Å². The predicted octanol–water partition coefficient (Wildman–Crippen LogP) is 4.26. The van der Waals surface area contributed by atoms with Gasteiger partial charge in [0, 0.05) is 44.3 Å². The zero-order valence-corrected chi connectivity index (χ0v) is 19.0. The van der Waals surface area contributed by atoms with E-state index in [1.165, 1.54) is 10.6 Å². The Morgan fingerprint density at radius 3 is 2.47 bits per heavy atom. The Labute approximate surface area is 193 Å². The third-order valence-electron chi connectivity index (χ3n) is 6.18. The Morgan fingerprint density at radius 2 is 1.72 bits per heavy atom. The van der Waals surface area contributed by atoms with Gasteiger partial charge in [-0.25, -0.2) is 0 Å². The number of rotatable bonds is 6. The molecular weight excluding hydrogens is 418 g/mol. The minimum Gasteiger partial charge on any atom is -0.378 e. The lowest BCUT2D eigenvalue weighted by Gasteiger charge is -2.28. The molecule has 166 valence electrons. The fraction of sp³-hybridized carbons (Fsp3) is 0.346. The summed E-state index contributed by atoms with van der Waals surface area (Å²) in [7, 11) is 0. The lowest BCUT2D eigenvalue weighted by Crippen LogP contribution is -2.36. The number of carbonyl (C=O) groups is 1. The number of hydrogen-bond acceptors (Lipinski definition) is 5. The summed E-state index contributed by atoms with van der Waals surface area (Å²) in [5, 5.41) is 4.46. The van der Waals surface area contributed by atoms with Crippen LogP contribution in [0.1, 0.15) is 21.7 Å². The van der Waals surface area contributed by atoms with E-state index < -0.39 is 0 Å². The first-order chi connectivity index (χ1) is 15.8. The number of thiophene rings is 1. The van der Waals surface area contributed by atoms with Gasteiger partial charge in [0.1, 0.15) is 0 Å². The van der Waals surface area contributed by atoms with Crippen LogP contribution in [-0.4, -0.2) is 56.2 Å². The minimum absolute atomic E-state index is 0.0400. The van der Waals surface area contributed by atoms with Gasteiger partial charge in [-0.2, -0.15) is 0 Å². The van der Waals surface area contributed by atoms with Crippen molar-refractivity contribution in [2.24, 2.45) is 0 Å². The van der Waals surface area contributed by atoms with Crippen molar-refractivity contribution >= 4 is 22.2 Å². The third-order valence-corrected chi connectivity index (χ3v) is 7.37. The zero-order chi connectivity index (χ0) is 21.8. The number of carbonyl (C=O) groups excluding carboxylic acids is 1. The molecule has 2 saturated heterocycles. The largest absolute Gasteiger partial charge is 0.378 e. The van der Waals surface area contributed by atoms with E-state index >= 15 is 0 Å². The van der Waals surface area contributed by atoms with Crippen LogP contribution in [0.2, 0.25) is 0 Å². The molecule has 5 nitrogen and oxygen atoms in total. The van der Waals surface area contributed by atoms with Gasteiger partial charge in [0.05, 0.1) is 23.1 Å². The summed E-state index contributed by atoms with van der Waals surface area (Å²) in [5.74, 6) is 0.0400. The van der Waals surface area contributed by atoms with Gasteiger partial charge in [-0.1, -0.05) is 60.7 Å². The fourth-order valence-electron chi connectivity index (χ4n) is 4.51. The summed E-state index contributed by atoms with van der Waals surface area (Å²) >= 11 is 1.60. The van der Waals surface area contributed by atoms with Crippen molar-refractivity contribution < 1.29 is 9.53 Å². The number of amides is 1. The van der Waals surface area contributed by atoms with Crippen molar-refractivity contribution in [3.63, 3.8) is 0 Å². The second kappa shape index (κ2) is 9.86. The van der Waals surface area contributed by atoms with Crippen LogP contribution in [0.25, 0.3) is 11.1 Å². The normalized spacial score (nSPS) is 19.2. The molecule has 0 spiro atoms. The van der Waals surface area contributed by atoms with Crippen LogP contribution >= 0.6 is 11.3 Å². The Hall–Kier alpha value is -2.67. The molecule has 0 unspecified atom stereocenters. The topological polar surface area (TPSA) is 44.8 Å². The molecule has 1 amide bonds. The molecule has 1 N–H and O–H groups in total. The van der Waals surface area contributed by atoms with E-state index in [1.54, 1.807) is 11.3 Å². The van der Waals surface area contributed by atoms with Crippen molar-refractivity contribution in [1.29, 1.82) is 0 Å². The van der Waals surface area contributed by atoms with Gasteiger partial charge in [0.25, 0.3) is 5.91 Å². The fourth-order valence-corrected chi connectivity index (χ4v) is 5.65. The SMILES string of the molecule is O=C(N[C@H]1CCN(Cc2ccccc2)C1)c1cc(-c2ccccc2)c(N2CCOCC2)s1. The lowest BCUT2D eigenvalue weighted by molar-refractivity contribution is 0.0941. The van der Waals surface area contributed by atoms with Crippen LogP contribution in [0.5, 0.6) is 0 Å². The molecule has 2 aromatic carbocycles. The summed E-state index contributed by atoms with van der Waals surface area (Å²) in [6.45, 7) is 6.02. The van der Waals surface area contributed by atoms with E-state index in [9.17, 15) is 4.79 Å². The molecule has 0 bridgehead atoms. The third kappa shape index (κ3) is 4.88. The number of hydrogen-bond donors (Lipinski definition) is 1. The molecule has 3 heterocycles. The molecule has 2 aliphatic heterocycles. The molecule has 0 radical (unpaired) electrons. The monoisotopic (exact) mass is 447 g/mol. The predicted molar refractivity (Wildman–Crippen MR) is 130 cm³/mol. The quantitative estimate of drug-likeness (QED) is 0.613. The highest BCUT2D eigenvalue weighted by molar-refractivity contribution is 7.18. The first kappa shape index (κ1) is 21.2. The molecular formula is C26H29N3O2S. The molecule has 1 aromatic heterocycles. The van der Waals surface area contributed by atoms with Gasteiger partial charge in [-0.3, -0.25) is 9.69 Å². The van der Waals surface area contributed by atoms with Gasteiger partial charge in [0.15, 0.2) is 0 Å². The Kier molecular flexibility index (Phi) is 6.53. The van der Waals surface area contributed by atoms with Gasteiger partial charge in [-0.05, 0) is 23.6 Å². The second-order valence-electron chi connectivity index (χ2n) is 8.47. The molecule has 1 atom stereocenters. The van der Waals surface area contributed by atoms with E-state index in [2.05, 4.69) is 69.7 Å². The lowest BCUT2D eigenvalue weighted by atomic mass is 10.1. The molecule has 3 aromatic rings. The molecule has 0 aliphatic carbocycles. The Morgan fingerprint density at radius 1 is 1.00 bits per heavy atom. The number of nitrogens with one attached hydrogen (secondary N) is 1. The van der Waals surface area contributed by atoms with Gasteiger partial charge in [0.2, 0.25) is 0 Å². The molecule has 2 aliphatic rings. The molecule has 6 heteroatoms. The van der Waals surface area contributed by atoms with Crippen LogP contribution in [0.15, 0.2) is 66.7 Å². The van der Waals surface area contributed by atoms with E-state index in [-0.39, 0.29) is 11.9 Å². The average Bonchev–Trinajstić information content (AvgIpc) is 3.48. The second-order valence-corrected chi connectivity index (χ2v) is 9.51. The number of likely N-dealkylation sites (tertiary alicyclic amines) is 1. The molecule has 2 fully saturated rings. The van der Waals surface area contributed by atoms with E-state index in [4.69, 9.17) is 4.74 Å². The van der Waals surface area contributed by atoms with Crippen LogP contribution in [-0.2, 0) is 11.3 Å². The molecule has 5 rings (SSSR count). The van der Waals surface area contributed by atoms with Crippen molar-refractivity contribution in [3.8, 4) is 11.1 Å². The van der Waals surface area contributed by atoms with E-state index in [0.29, 0.717) is 0 Å². The van der Waals surface area contributed by atoms with Crippen molar-refractivity contribution in [2.45, 2.75) is 19.0 Å². The van der Waals surface area contributed by atoms with Gasteiger partial charge in [-0.15, -0.1) is 11.3 Å². The van der Waals surface area contributed by atoms with Crippen LogP contribution in [0.4, 0.5) is 5.00 Å². The smallest absolute Gasteiger partial charge is 0.261 e. The summed E-state index contributed by atoms with van der Waals surface area (Å²) in [5.41, 5.74) is 3.61. The maximum atomic E-state index is 13.2. The highest BCUT2D eigenvalue weighted by atomic mass is 32.1. The van der Waals surface area contributed by atoms with Gasteiger partial charge < -0.3 is 15.0 Å². The van der Waals surface area contributed by atoms with Gasteiger partial charge >= 0.3 is 0 Å². The average molecular weight is 448 g/mol. The molecule has 32 heavy (non-hydrogen) atoms. The van der Waals surface area contributed by atoms with Crippen LogP contribution in [0.3, 0.4) is 0 Å². The summed E-state index contributed by atoms with van der Waals surface area (Å²) < 4.78 is 5.54. The standard InChI is InChI=1S/C26H29N3O2S/c30-25(27-22-11-12-28(19-22)18-20-7-3-1-4-8-20)24-17-23(21-9-5-2-6-10-21)26(32-24)29-13-15-31-16-14-29/h1-10,17,22H,11-16,18-19H2,(H,27,30)/t22-/m0/s1. The van der Waals surface area contributed by atoms with E-state index in [0.717, 1.165) is 68.4 Å². The number of morpholine rings is 1. The Balaban J connectivity index is 1.29.